The van der Waals surface area contributed by atoms with Gasteiger partial charge in [-0.05, 0) is 29.8 Å². The first-order valence-corrected chi connectivity index (χ1v) is 10.1. The summed E-state index contributed by atoms with van der Waals surface area (Å²) >= 11 is 0. The molecule has 0 aliphatic carbocycles. The molecule has 2 aromatic heterocycles. The van der Waals surface area contributed by atoms with Crippen LogP contribution in [0.25, 0.3) is 16.6 Å². The Morgan fingerprint density at radius 1 is 1.09 bits per heavy atom. The Kier molecular flexibility index (Phi) is 4.11. The van der Waals surface area contributed by atoms with Gasteiger partial charge in [0.15, 0.2) is 5.69 Å². The number of hydrogen-bond acceptors (Lipinski definition) is 6. The lowest BCUT2D eigenvalue weighted by Gasteiger charge is -2.17. The predicted octanol–water partition coefficient (Wildman–Crippen LogP) is 3.89. The molecule has 0 fully saturated rings. The van der Waals surface area contributed by atoms with E-state index in [-0.39, 0.29) is 24.7 Å². The van der Waals surface area contributed by atoms with Gasteiger partial charge in [0.2, 0.25) is 5.95 Å². The molecule has 0 bridgehead atoms. The van der Waals surface area contributed by atoms with Gasteiger partial charge in [0.1, 0.15) is 30.3 Å². The van der Waals surface area contributed by atoms with Crippen molar-refractivity contribution in [2.24, 2.45) is 0 Å². The summed E-state index contributed by atoms with van der Waals surface area (Å²) in [6.45, 7) is 0.639. The van der Waals surface area contributed by atoms with Crippen LogP contribution in [0.15, 0.2) is 42.9 Å². The lowest BCUT2D eigenvalue weighted by atomic mass is 9.99. The molecule has 6 rings (SSSR count). The second-order valence-electron chi connectivity index (χ2n) is 7.64. The van der Waals surface area contributed by atoms with Gasteiger partial charge in [-0.2, -0.15) is 0 Å². The number of nitrogens with one attached hydrogen (secondary N) is 1. The second-order valence-corrected chi connectivity index (χ2v) is 7.64. The van der Waals surface area contributed by atoms with Crippen molar-refractivity contribution in [3.63, 3.8) is 0 Å². The van der Waals surface area contributed by atoms with Gasteiger partial charge in [-0.25, -0.2) is 23.5 Å². The summed E-state index contributed by atoms with van der Waals surface area (Å²) < 4.78 is 40.8. The van der Waals surface area contributed by atoms with Gasteiger partial charge in [0.05, 0.1) is 12.1 Å². The van der Waals surface area contributed by atoms with E-state index >= 15 is 0 Å². The molecule has 0 unspecified atom stereocenters. The molecule has 2 aliphatic rings. The number of cyclic esters (lactones) is 1. The Morgan fingerprint density at radius 3 is 2.91 bits per heavy atom. The summed E-state index contributed by atoms with van der Waals surface area (Å²) in [6.07, 6.45) is 3.71. The zero-order valence-corrected chi connectivity index (χ0v) is 16.7. The maximum Gasteiger partial charge on any atom is 0.359 e. The smallest absolute Gasteiger partial charge is 0.359 e. The van der Waals surface area contributed by atoms with Crippen molar-refractivity contribution in [1.29, 1.82) is 0 Å². The summed E-state index contributed by atoms with van der Waals surface area (Å²) in [5.41, 5.74) is 3.86. The number of imidazole rings is 1. The maximum absolute atomic E-state index is 14.5. The van der Waals surface area contributed by atoms with Gasteiger partial charge in [0.25, 0.3) is 0 Å². The molecule has 7 nitrogen and oxygen atoms in total. The highest BCUT2D eigenvalue weighted by atomic mass is 19.1. The van der Waals surface area contributed by atoms with E-state index in [2.05, 4.69) is 15.3 Å². The van der Waals surface area contributed by atoms with Crippen molar-refractivity contribution in [2.75, 3.05) is 11.9 Å². The molecule has 4 aromatic rings. The Labute approximate surface area is 180 Å². The van der Waals surface area contributed by atoms with Crippen LogP contribution in [0.3, 0.4) is 0 Å². The third-order valence-corrected chi connectivity index (χ3v) is 5.84. The molecule has 2 aromatic carbocycles. The number of carbonyl (C=O) groups excluding carboxylic acids is 1. The number of rotatable bonds is 3. The first-order chi connectivity index (χ1) is 15.6. The number of nitrogens with zero attached hydrogens (tertiary/aromatic N) is 3. The molecule has 9 heteroatoms. The fraction of sp³-hybridized carbons (Fsp3) is 0.174. The van der Waals surface area contributed by atoms with Crippen LogP contribution in [0.2, 0.25) is 0 Å². The van der Waals surface area contributed by atoms with Crippen LogP contribution in [0.1, 0.15) is 27.2 Å². The summed E-state index contributed by atoms with van der Waals surface area (Å²) in [5, 5.41) is 3.15. The molecular formula is C23H16F2N4O3. The quantitative estimate of drug-likeness (QED) is 0.493. The number of fused-ring (bicyclic) bond motifs is 3. The molecule has 0 radical (unpaired) electrons. The monoisotopic (exact) mass is 434 g/mol. The molecule has 0 saturated carbocycles. The van der Waals surface area contributed by atoms with E-state index in [4.69, 9.17) is 9.47 Å². The lowest BCUT2D eigenvalue weighted by Crippen LogP contribution is -2.13. The van der Waals surface area contributed by atoms with E-state index in [1.807, 2.05) is 0 Å². The Balaban J connectivity index is 1.45. The van der Waals surface area contributed by atoms with E-state index in [0.29, 0.717) is 52.5 Å². The van der Waals surface area contributed by atoms with Gasteiger partial charge >= 0.3 is 5.97 Å². The number of ether oxygens (including phenoxy) is 2. The summed E-state index contributed by atoms with van der Waals surface area (Å²) in [5.74, 6) is -0.275. The molecule has 0 saturated heterocycles. The van der Waals surface area contributed by atoms with Crippen molar-refractivity contribution >= 4 is 17.4 Å². The number of benzene rings is 2. The fourth-order valence-corrected chi connectivity index (χ4v) is 4.32. The zero-order chi connectivity index (χ0) is 21.8. The summed E-state index contributed by atoms with van der Waals surface area (Å²) in [7, 11) is 0. The van der Waals surface area contributed by atoms with E-state index in [1.54, 1.807) is 22.7 Å². The fourth-order valence-electron chi connectivity index (χ4n) is 4.32. The minimum absolute atomic E-state index is 0.0646. The van der Waals surface area contributed by atoms with E-state index in [1.165, 1.54) is 24.5 Å². The van der Waals surface area contributed by atoms with Crippen molar-refractivity contribution in [1.82, 2.24) is 14.4 Å². The maximum atomic E-state index is 14.5. The SMILES string of the molecule is O=C1OCc2cc(F)ccc2-c2cnc(NCc3c(F)ccc4c3CCO4)n3cnc1c23. The third kappa shape index (κ3) is 2.81. The van der Waals surface area contributed by atoms with E-state index in [9.17, 15) is 13.6 Å². The highest BCUT2D eigenvalue weighted by Crippen LogP contribution is 2.34. The molecule has 2 aliphatic heterocycles. The summed E-state index contributed by atoms with van der Waals surface area (Å²) in [6, 6.07) is 7.35. The number of carbonyl (C=O) groups is 1. The molecule has 0 spiro atoms. The molecule has 32 heavy (non-hydrogen) atoms. The van der Waals surface area contributed by atoms with Gasteiger partial charge in [-0.3, -0.25) is 4.40 Å². The molecule has 0 atom stereocenters. The van der Waals surface area contributed by atoms with Crippen molar-refractivity contribution < 1.29 is 23.0 Å². The van der Waals surface area contributed by atoms with Crippen molar-refractivity contribution in [3.05, 3.63) is 76.9 Å². The third-order valence-electron chi connectivity index (χ3n) is 5.84. The largest absolute Gasteiger partial charge is 0.493 e. The van der Waals surface area contributed by atoms with Crippen LogP contribution < -0.4 is 10.1 Å². The van der Waals surface area contributed by atoms with Crippen LogP contribution in [-0.2, 0) is 24.3 Å². The number of aromatic nitrogens is 3. The van der Waals surface area contributed by atoms with Gasteiger partial charge in [-0.15, -0.1) is 0 Å². The Hall–Kier alpha value is -4.01. The first kappa shape index (κ1) is 18.7. The number of halogens is 2. The average Bonchev–Trinajstić information content (AvgIpc) is 3.44. The zero-order valence-electron chi connectivity index (χ0n) is 16.7. The van der Waals surface area contributed by atoms with Gasteiger partial charge in [-0.1, -0.05) is 6.07 Å². The number of esters is 1. The Bertz CT molecular complexity index is 1420. The van der Waals surface area contributed by atoms with Gasteiger partial charge < -0.3 is 14.8 Å². The predicted molar refractivity (Wildman–Crippen MR) is 110 cm³/mol. The molecule has 0 amide bonds. The molecule has 160 valence electrons. The van der Waals surface area contributed by atoms with Crippen molar-refractivity contribution in [3.8, 4) is 16.9 Å². The lowest BCUT2D eigenvalue weighted by molar-refractivity contribution is 0.0468. The number of hydrogen-bond donors (Lipinski definition) is 1. The van der Waals surface area contributed by atoms with E-state index in [0.717, 1.165) is 5.56 Å². The number of anilines is 1. The van der Waals surface area contributed by atoms with Crippen LogP contribution in [0, 0.1) is 11.6 Å². The topological polar surface area (TPSA) is 77.8 Å². The molecule has 1 N–H and O–H groups in total. The van der Waals surface area contributed by atoms with Crippen LogP contribution in [0.5, 0.6) is 5.75 Å². The normalized spacial score (nSPS) is 14.2. The van der Waals surface area contributed by atoms with Crippen LogP contribution in [-0.4, -0.2) is 26.9 Å². The minimum atomic E-state index is -0.607. The standard InChI is InChI=1S/C23H16F2N4O3/c24-13-1-2-14-12(7-13)10-32-22(30)20-21-17(14)9-27-23(29(21)11-28-20)26-8-16-15-5-6-31-19(15)4-3-18(16)25/h1-4,7,9,11H,5-6,8,10H2,(H,26,27). The van der Waals surface area contributed by atoms with Gasteiger partial charge in [0, 0.05) is 41.4 Å². The van der Waals surface area contributed by atoms with Crippen LogP contribution >= 0.6 is 0 Å². The molecular weight excluding hydrogens is 418 g/mol. The minimum Gasteiger partial charge on any atom is -0.493 e. The second kappa shape index (κ2) is 7.01. The van der Waals surface area contributed by atoms with E-state index < -0.39 is 11.8 Å². The van der Waals surface area contributed by atoms with Crippen molar-refractivity contribution in [2.45, 2.75) is 19.6 Å². The summed E-state index contributed by atoms with van der Waals surface area (Å²) in [4.78, 5) is 21.3. The Morgan fingerprint density at radius 2 is 2.00 bits per heavy atom. The highest BCUT2D eigenvalue weighted by Gasteiger charge is 2.26. The highest BCUT2D eigenvalue weighted by molar-refractivity contribution is 6.01. The average molecular weight is 434 g/mol. The molecule has 4 heterocycles. The van der Waals surface area contributed by atoms with Crippen LogP contribution in [0.4, 0.5) is 14.7 Å². The first-order valence-electron chi connectivity index (χ1n) is 10.1.